The van der Waals surface area contributed by atoms with Crippen LogP contribution in [-0.4, -0.2) is 28.5 Å². The highest BCUT2D eigenvalue weighted by atomic mass is 32.2. The predicted octanol–water partition coefficient (Wildman–Crippen LogP) is 2.53. The van der Waals surface area contributed by atoms with E-state index in [9.17, 15) is 12.8 Å². The van der Waals surface area contributed by atoms with Gasteiger partial charge in [0.15, 0.2) is 0 Å². The number of hydrogen-bond donors (Lipinski definition) is 0. The van der Waals surface area contributed by atoms with Gasteiger partial charge in [-0.1, -0.05) is 12.1 Å². The lowest BCUT2D eigenvalue weighted by molar-refractivity contribution is 0.398. The van der Waals surface area contributed by atoms with Crippen LogP contribution in [-0.2, 0) is 23.6 Å². The van der Waals surface area contributed by atoms with Crippen LogP contribution < -0.4 is 0 Å². The highest BCUT2D eigenvalue weighted by molar-refractivity contribution is 7.89. The van der Waals surface area contributed by atoms with Gasteiger partial charge in [-0.25, -0.2) is 12.8 Å². The summed E-state index contributed by atoms with van der Waals surface area (Å²) in [5.74, 6) is -0.325. The maximum Gasteiger partial charge on any atom is 0.247 e. The van der Waals surface area contributed by atoms with Crippen molar-refractivity contribution < 1.29 is 12.8 Å². The van der Waals surface area contributed by atoms with Crippen molar-refractivity contribution in [1.29, 1.82) is 0 Å². The summed E-state index contributed by atoms with van der Waals surface area (Å²) in [6.45, 7) is 3.72. The van der Waals surface area contributed by atoms with Gasteiger partial charge < -0.3 is 0 Å². The molecular formula is C16H20FN3O2S. The van der Waals surface area contributed by atoms with E-state index in [0.717, 1.165) is 18.4 Å². The fourth-order valence-corrected chi connectivity index (χ4v) is 4.86. The van der Waals surface area contributed by atoms with E-state index in [4.69, 9.17) is 0 Å². The van der Waals surface area contributed by atoms with Gasteiger partial charge in [-0.2, -0.15) is 9.40 Å². The Labute approximate surface area is 135 Å². The minimum atomic E-state index is -3.63. The van der Waals surface area contributed by atoms with Gasteiger partial charge in [0.25, 0.3) is 0 Å². The average molecular weight is 337 g/mol. The summed E-state index contributed by atoms with van der Waals surface area (Å²) >= 11 is 0. The van der Waals surface area contributed by atoms with E-state index >= 15 is 0 Å². The summed E-state index contributed by atoms with van der Waals surface area (Å²) in [6, 6.07) is 5.98. The molecule has 2 aromatic rings. The molecular weight excluding hydrogens is 317 g/mol. The van der Waals surface area contributed by atoms with Crippen LogP contribution in [0.4, 0.5) is 4.39 Å². The molecule has 0 bridgehead atoms. The van der Waals surface area contributed by atoms with Crippen LogP contribution in [0, 0.1) is 19.7 Å². The summed E-state index contributed by atoms with van der Waals surface area (Å²) in [4.78, 5) is 0.286. The van der Waals surface area contributed by atoms with Crippen LogP contribution in [0.5, 0.6) is 0 Å². The molecule has 1 aromatic carbocycles. The number of aryl methyl sites for hydroxylation is 2. The van der Waals surface area contributed by atoms with Gasteiger partial charge in [0.1, 0.15) is 10.7 Å². The van der Waals surface area contributed by atoms with Crippen molar-refractivity contribution in [2.24, 2.45) is 7.05 Å². The minimum Gasteiger partial charge on any atom is -0.271 e. The monoisotopic (exact) mass is 337 g/mol. The van der Waals surface area contributed by atoms with Gasteiger partial charge in [0.2, 0.25) is 10.0 Å². The van der Waals surface area contributed by atoms with Gasteiger partial charge in [-0.3, -0.25) is 4.68 Å². The molecule has 0 aliphatic heterocycles. The summed E-state index contributed by atoms with van der Waals surface area (Å²) in [7, 11) is -1.89. The first-order valence-corrected chi connectivity index (χ1v) is 9.01. The number of halogens is 1. The molecule has 0 spiro atoms. The van der Waals surface area contributed by atoms with Crippen LogP contribution in [0.2, 0.25) is 0 Å². The largest absolute Gasteiger partial charge is 0.271 e. The first kappa shape index (κ1) is 16.1. The molecule has 1 aliphatic rings. The van der Waals surface area contributed by atoms with Crippen molar-refractivity contribution >= 4 is 10.0 Å². The molecule has 1 fully saturated rings. The standard InChI is InChI=1S/C16H20FN3O2S/c1-11-16(12(2)19(3)18-11)23(21,22)20(15-8-9-15)10-13-4-6-14(17)7-5-13/h4-7,15H,8-10H2,1-3H3. The molecule has 0 atom stereocenters. The fourth-order valence-electron chi connectivity index (χ4n) is 2.79. The molecule has 3 rings (SSSR count). The van der Waals surface area contributed by atoms with Crippen molar-refractivity contribution in [1.82, 2.24) is 14.1 Å². The molecule has 1 aromatic heterocycles. The van der Waals surface area contributed by atoms with Crippen molar-refractivity contribution in [2.75, 3.05) is 0 Å². The van der Waals surface area contributed by atoms with Gasteiger partial charge in [-0.15, -0.1) is 0 Å². The number of aromatic nitrogens is 2. The van der Waals surface area contributed by atoms with Crippen LogP contribution in [0.3, 0.4) is 0 Å². The van der Waals surface area contributed by atoms with E-state index < -0.39 is 10.0 Å². The lowest BCUT2D eigenvalue weighted by Gasteiger charge is -2.22. The molecule has 0 radical (unpaired) electrons. The normalized spacial score (nSPS) is 15.3. The average Bonchev–Trinajstić information content (AvgIpc) is 3.26. The maximum absolute atomic E-state index is 13.1. The SMILES string of the molecule is Cc1nn(C)c(C)c1S(=O)(=O)N(Cc1ccc(F)cc1)C1CC1. The van der Waals surface area contributed by atoms with Crippen LogP contribution in [0.15, 0.2) is 29.2 Å². The van der Waals surface area contributed by atoms with Crippen LogP contribution in [0.1, 0.15) is 29.8 Å². The Kier molecular flexibility index (Phi) is 4.01. The van der Waals surface area contributed by atoms with E-state index in [1.165, 1.54) is 16.4 Å². The lowest BCUT2D eigenvalue weighted by Crippen LogP contribution is -2.33. The zero-order chi connectivity index (χ0) is 16.8. The maximum atomic E-state index is 13.1. The molecule has 124 valence electrons. The Morgan fingerprint density at radius 3 is 2.35 bits per heavy atom. The van der Waals surface area contributed by atoms with E-state index in [1.807, 2.05) is 0 Å². The molecule has 1 aliphatic carbocycles. The van der Waals surface area contributed by atoms with Gasteiger partial charge in [0, 0.05) is 19.6 Å². The number of nitrogens with zero attached hydrogens (tertiary/aromatic N) is 3. The second-order valence-electron chi connectivity index (χ2n) is 6.03. The lowest BCUT2D eigenvalue weighted by atomic mass is 10.2. The molecule has 1 heterocycles. The van der Waals surface area contributed by atoms with Gasteiger partial charge >= 0.3 is 0 Å². The molecule has 0 unspecified atom stereocenters. The molecule has 1 saturated carbocycles. The highest BCUT2D eigenvalue weighted by Gasteiger charge is 2.40. The van der Waals surface area contributed by atoms with Gasteiger partial charge in [0.05, 0.1) is 11.4 Å². The van der Waals surface area contributed by atoms with Crippen molar-refractivity contribution in [3.05, 3.63) is 47.0 Å². The number of sulfonamides is 1. The highest BCUT2D eigenvalue weighted by Crippen LogP contribution is 2.35. The summed E-state index contributed by atoms with van der Waals surface area (Å²) in [5, 5.41) is 4.22. The Morgan fingerprint density at radius 1 is 1.26 bits per heavy atom. The fraction of sp³-hybridized carbons (Fsp3) is 0.438. The van der Waals surface area contributed by atoms with E-state index in [-0.39, 0.29) is 23.3 Å². The summed E-state index contributed by atoms with van der Waals surface area (Å²) in [5.41, 5.74) is 1.92. The molecule has 0 saturated heterocycles. The molecule has 7 heteroatoms. The quantitative estimate of drug-likeness (QED) is 0.842. The topological polar surface area (TPSA) is 55.2 Å². The third-order valence-electron chi connectivity index (χ3n) is 4.22. The summed E-state index contributed by atoms with van der Waals surface area (Å²) in [6.07, 6.45) is 1.72. The van der Waals surface area contributed by atoms with Crippen molar-refractivity contribution in [3.63, 3.8) is 0 Å². The molecule has 23 heavy (non-hydrogen) atoms. The van der Waals surface area contributed by atoms with Crippen LogP contribution in [0.25, 0.3) is 0 Å². The summed E-state index contributed by atoms with van der Waals surface area (Å²) < 4.78 is 42.5. The second-order valence-corrected chi connectivity index (χ2v) is 7.86. The number of benzene rings is 1. The Morgan fingerprint density at radius 2 is 1.87 bits per heavy atom. The first-order chi connectivity index (χ1) is 10.8. The third-order valence-corrected chi connectivity index (χ3v) is 6.37. The second kappa shape index (κ2) is 5.72. The number of hydrogen-bond acceptors (Lipinski definition) is 3. The van der Waals surface area contributed by atoms with E-state index in [2.05, 4.69) is 5.10 Å². The predicted molar refractivity (Wildman–Crippen MR) is 84.8 cm³/mol. The van der Waals surface area contributed by atoms with Crippen molar-refractivity contribution in [2.45, 2.75) is 44.2 Å². The van der Waals surface area contributed by atoms with Crippen LogP contribution >= 0.6 is 0 Å². The smallest absolute Gasteiger partial charge is 0.247 e. The van der Waals surface area contributed by atoms with E-state index in [1.54, 1.807) is 37.7 Å². The minimum absolute atomic E-state index is 0.0176. The first-order valence-electron chi connectivity index (χ1n) is 7.57. The van der Waals surface area contributed by atoms with Gasteiger partial charge in [-0.05, 0) is 44.4 Å². The Balaban J connectivity index is 1.98. The third kappa shape index (κ3) is 3.03. The van der Waals surface area contributed by atoms with Crippen molar-refractivity contribution in [3.8, 4) is 0 Å². The zero-order valence-corrected chi connectivity index (χ0v) is 14.3. The Hall–Kier alpha value is -1.73. The van der Waals surface area contributed by atoms with E-state index in [0.29, 0.717) is 11.4 Å². The molecule has 0 amide bonds. The Bertz CT molecular complexity index is 824. The molecule has 0 N–H and O–H groups in total. The molecule has 5 nitrogen and oxygen atoms in total. The zero-order valence-electron chi connectivity index (χ0n) is 13.5. The number of rotatable bonds is 5.